The van der Waals surface area contributed by atoms with Crippen molar-refractivity contribution in [3.63, 3.8) is 0 Å². The SMILES string of the molecule is CCCCCc1cc(CCCC)c2oc(CCCCC)cc(=O)c2c1.CCCCCc1cc(CCCCC)c2c(=O)cc(CCCCC)oc2c1.CCCCCc1cc(CCCCC)c2c(CCCCC)cc(=O)oc2c1.CCCCCc1cc(CCCCC)c2oc(=O)cc(CCCCC)c2c1.CCCCCc1ccc2occ(CCCCC)c(=O)c2c1CCCCC. The molecule has 5 aromatic heterocycles. The maximum absolute atomic E-state index is 13.2. The Labute approximate surface area is 781 Å². The molecular weight excluding hydrogens is 1590 g/mol. The molecule has 0 saturated heterocycles. The summed E-state index contributed by atoms with van der Waals surface area (Å²) in [6, 6.07) is 29.0. The van der Waals surface area contributed by atoms with E-state index in [9.17, 15) is 24.0 Å². The van der Waals surface area contributed by atoms with Gasteiger partial charge in [-0.25, -0.2) is 9.59 Å². The predicted octanol–water partition coefficient (Wildman–Crippen LogP) is 34.6. The Morgan fingerprint density at radius 3 is 0.984 bits per heavy atom. The van der Waals surface area contributed by atoms with Crippen molar-refractivity contribution in [3.8, 4) is 0 Å². The fraction of sp³-hybridized carbons (Fsp3) is 0.622. The highest BCUT2D eigenvalue weighted by atomic mass is 16.4. The van der Waals surface area contributed by atoms with Crippen molar-refractivity contribution in [2.75, 3.05) is 0 Å². The van der Waals surface area contributed by atoms with Crippen LogP contribution in [-0.4, -0.2) is 0 Å². The van der Waals surface area contributed by atoms with E-state index in [0.717, 1.165) is 228 Å². The van der Waals surface area contributed by atoms with Gasteiger partial charge in [0.1, 0.15) is 39.4 Å². The van der Waals surface area contributed by atoms with Gasteiger partial charge in [0, 0.05) is 53.4 Å². The Hall–Kier alpha value is -7.85. The Morgan fingerprint density at radius 2 is 0.527 bits per heavy atom. The van der Waals surface area contributed by atoms with Crippen molar-refractivity contribution < 1.29 is 22.1 Å². The van der Waals surface area contributed by atoms with E-state index < -0.39 is 0 Å². The van der Waals surface area contributed by atoms with Gasteiger partial charge in [0.05, 0.1) is 22.4 Å². The zero-order valence-electron chi connectivity index (χ0n) is 84.5. The third-order valence-corrected chi connectivity index (χ3v) is 25.9. The van der Waals surface area contributed by atoms with E-state index in [1.165, 1.54) is 289 Å². The van der Waals surface area contributed by atoms with E-state index in [1.54, 1.807) is 30.5 Å². The summed E-state index contributed by atoms with van der Waals surface area (Å²) in [4.78, 5) is 62.9. The largest absolute Gasteiger partial charge is 0.464 e. The second kappa shape index (κ2) is 65.7. The molecule has 0 unspecified atom stereocenters. The summed E-state index contributed by atoms with van der Waals surface area (Å²) in [6.45, 7) is 33.3. The number of hydrogen-bond donors (Lipinski definition) is 0. The van der Waals surface area contributed by atoms with Gasteiger partial charge in [0.25, 0.3) is 0 Å². The van der Waals surface area contributed by atoms with E-state index in [-0.39, 0.29) is 27.5 Å². The molecule has 0 aliphatic carbocycles. The van der Waals surface area contributed by atoms with Gasteiger partial charge in [0.2, 0.25) is 0 Å². The third kappa shape index (κ3) is 38.7. The smallest absolute Gasteiger partial charge is 0.336 e. The lowest BCUT2D eigenvalue weighted by Gasteiger charge is -2.13. The van der Waals surface area contributed by atoms with Crippen LogP contribution in [0.2, 0.25) is 0 Å². The van der Waals surface area contributed by atoms with Crippen LogP contribution in [0, 0.1) is 0 Å². The number of benzene rings is 5. The van der Waals surface area contributed by atoms with Crippen LogP contribution in [0.3, 0.4) is 0 Å². The number of fused-ring (bicyclic) bond motifs is 5. The highest BCUT2D eigenvalue weighted by molar-refractivity contribution is 5.87. The van der Waals surface area contributed by atoms with Crippen LogP contribution < -0.4 is 27.5 Å². The number of rotatable bonds is 59. The molecule has 0 amide bonds. The first-order valence-corrected chi connectivity index (χ1v) is 53.4. The molecule has 10 aromatic rings. The molecule has 10 heteroatoms. The van der Waals surface area contributed by atoms with Crippen molar-refractivity contribution >= 4 is 54.8 Å². The normalized spacial score (nSPS) is 11.3. The first kappa shape index (κ1) is 110. The Kier molecular flexibility index (Phi) is 56.0. The minimum atomic E-state index is -0.200. The lowest BCUT2D eigenvalue weighted by atomic mass is 9.92. The van der Waals surface area contributed by atoms with Crippen LogP contribution in [0.25, 0.3) is 54.8 Å². The molecule has 10 rings (SSSR count). The van der Waals surface area contributed by atoms with Crippen molar-refractivity contribution in [3.05, 3.63) is 227 Å². The molecule has 5 heterocycles. The average molecular weight is 1770 g/mol. The summed E-state index contributed by atoms with van der Waals surface area (Å²) in [7, 11) is 0. The van der Waals surface area contributed by atoms with Crippen molar-refractivity contribution in [2.45, 2.75) is 483 Å². The van der Waals surface area contributed by atoms with Gasteiger partial charge in [-0.2, -0.15) is 0 Å². The minimum Gasteiger partial charge on any atom is -0.464 e. The monoisotopic (exact) mass is 1770 g/mol. The molecule has 5 aromatic carbocycles. The maximum atomic E-state index is 13.2. The molecule has 0 saturated carbocycles. The average Bonchev–Trinajstić information content (AvgIpc) is 0.541. The van der Waals surface area contributed by atoms with Crippen LogP contribution in [0.15, 0.2) is 137 Å². The number of hydrogen-bond acceptors (Lipinski definition) is 10. The van der Waals surface area contributed by atoms with Gasteiger partial charge in [-0.15, -0.1) is 0 Å². The molecule has 0 fully saturated rings. The molecule has 10 nitrogen and oxygen atoms in total. The zero-order chi connectivity index (χ0) is 93.2. The number of unbranched alkanes of at least 4 members (excludes halogenated alkanes) is 29. The predicted molar refractivity (Wildman–Crippen MR) is 556 cm³/mol. The summed E-state index contributed by atoms with van der Waals surface area (Å²) in [5.41, 5.74) is 20.4. The molecule has 0 aliphatic rings. The van der Waals surface area contributed by atoms with Crippen molar-refractivity contribution in [2.24, 2.45) is 0 Å². The van der Waals surface area contributed by atoms with Crippen LogP contribution >= 0.6 is 0 Å². The molecule has 0 N–H and O–H groups in total. The van der Waals surface area contributed by atoms with Gasteiger partial charge in [-0.05, 0) is 277 Å². The number of aryl methyl sites for hydroxylation is 15. The van der Waals surface area contributed by atoms with E-state index in [1.807, 2.05) is 6.07 Å². The first-order chi connectivity index (χ1) is 63.0. The third-order valence-electron chi connectivity index (χ3n) is 25.9. The van der Waals surface area contributed by atoms with Crippen LogP contribution in [-0.2, 0) is 96.3 Å². The summed E-state index contributed by atoms with van der Waals surface area (Å²) >= 11 is 0. The minimum absolute atomic E-state index is 0.128. The first-order valence-electron chi connectivity index (χ1n) is 53.4. The Morgan fingerprint density at radius 1 is 0.209 bits per heavy atom. The second-order valence-electron chi connectivity index (χ2n) is 37.5. The van der Waals surface area contributed by atoms with E-state index in [2.05, 4.69) is 158 Å². The quantitative estimate of drug-likeness (QED) is 0.0266. The van der Waals surface area contributed by atoms with Crippen LogP contribution in [0.1, 0.15) is 470 Å². The Balaban J connectivity index is 0.000000249. The topological polar surface area (TPSA) is 151 Å². The van der Waals surface area contributed by atoms with E-state index in [0.29, 0.717) is 0 Å². The highest BCUT2D eigenvalue weighted by Gasteiger charge is 2.20. The summed E-state index contributed by atoms with van der Waals surface area (Å²) in [5.74, 6) is 1.70. The molecule has 129 heavy (non-hydrogen) atoms. The summed E-state index contributed by atoms with van der Waals surface area (Å²) < 4.78 is 29.6. The maximum Gasteiger partial charge on any atom is 0.336 e. The standard InChI is InChI=1S/4C24H36O2.C23H34O2/c1-4-7-10-13-19-16-21(15-12-9-6-3)24-22(17-19)20(14-11-8-5-2)18-23(25)26-24;1-4-7-10-13-19-16-20(14-11-8-5-2)24-22(25)18-21(15-12-9-6-3)26-23(24)17-19;1-4-7-10-13-19-16-20(14-11-8-5-2)24-21(15-12-9-6-3)18-23(25)26-22(24)17-19;1-4-7-10-13-19-16-17-22-23(21(19)15-12-9-6-3)24(25)20(18-26-22)14-11-8-5-2;1-4-7-10-12-18-15-19(13-9-6-3)23-21(16-18)22(24)17-20(25-23)14-11-8-5-2/h4*16-18H,4-15H2,1-3H3;15-17H,4-14H2,1-3H3. The van der Waals surface area contributed by atoms with Gasteiger partial charge >= 0.3 is 11.3 Å². The molecule has 0 radical (unpaired) electrons. The Bertz CT molecular complexity index is 5060. The van der Waals surface area contributed by atoms with Gasteiger partial charge in [0.15, 0.2) is 16.3 Å². The van der Waals surface area contributed by atoms with E-state index in [4.69, 9.17) is 22.1 Å². The summed E-state index contributed by atoms with van der Waals surface area (Å²) in [5, 5.41) is 4.86. The lowest BCUT2D eigenvalue weighted by Crippen LogP contribution is -2.12. The lowest BCUT2D eigenvalue weighted by molar-refractivity contribution is 0.515. The zero-order valence-corrected chi connectivity index (χ0v) is 84.5. The fourth-order valence-corrected chi connectivity index (χ4v) is 18.3. The van der Waals surface area contributed by atoms with Crippen molar-refractivity contribution in [1.82, 2.24) is 0 Å². The van der Waals surface area contributed by atoms with Crippen molar-refractivity contribution in [1.29, 1.82) is 0 Å². The molecular formula is C119H178O10. The van der Waals surface area contributed by atoms with Crippen LogP contribution in [0.5, 0.6) is 0 Å². The summed E-state index contributed by atoms with van der Waals surface area (Å²) in [6.07, 6.45) is 69.2. The van der Waals surface area contributed by atoms with Gasteiger partial charge in [-0.1, -0.05) is 320 Å². The van der Waals surface area contributed by atoms with E-state index >= 15 is 0 Å². The molecule has 0 bridgehead atoms. The highest BCUT2D eigenvalue weighted by Crippen LogP contribution is 2.33. The van der Waals surface area contributed by atoms with Crippen LogP contribution in [0.4, 0.5) is 0 Å². The van der Waals surface area contributed by atoms with Gasteiger partial charge in [-0.3, -0.25) is 14.4 Å². The molecule has 714 valence electrons. The second-order valence-corrected chi connectivity index (χ2v) is 37.5. The molecule has 0 spiro atoms. The molecule has 0 atom stereocenters. The van der Waals surface area contributed by atoms with Gasteiger partial charge < -0.3 is 22.1 Å². The fourth-order valence-electron chi connectivity index (χ4n) is 18.3. The molecule has 0 aliphatic heterocycles.